The number of piperazine rings is 1. The molecule has 10 nitrogen and oxygen atoms in total. The maximum Gasteiger partial charge on any atom is 0.306 e. The lowest BCUT2D eigenvalue weighted by atomic mass is 10.1. The summed E-state index contributed by atoms with van der Waals surface area (Å²) in [6.07, 6.45) is 0.782. The fourth-order valence-electron chi connectivity index (χ4n) is 6.36. The highest BCUT2D eigenvalue weighted by atomic mass is 19.1. The summed E-state index contributed by atoms with van der Waals surface area (Å²) in [5.41, 5.74) is 10.1. The van der Waals surface area contributed by atoms with Crippen molar-refractivity contribution in [2.24, 2.45) is 5.73 Å². The van der Waals surface area contributed by atoms with Gasteiger partial charge in [0, 0.05) is 61.5 Å². The molecule has 5 rings (SSSR count). The van der Waals surface area contributed by atoms with Gasteiger partial charge in [-0.15, -0.1) is 0 Å². The second kappa shape index (κ2) is 15.1. The lowest BCUT2D eigenvalue weighted by molar-refractivity contribution is -0.155. The molecule has 0 aromatic heterocycles. The van der Waals surface area contributed by atoms with Crippen LogP contribution in [0.1, 0.15) is 73.1 Å². The first kappa shape index (κ1) is 35.4. The van der Waals surface area contributed by atoms with Crippen LogP contribution in [0.3, 0.4) is 0 Å². The van der Waals surface area contributed by atoms with E-state index in [-0.39, 0.29) is 37.7 Å². The van der Waals surface area contributed by atoms with Crippen molar-refractivity contribution in [3.8, 4) is 5.75 Å². The molecule has 1 fully saturated rings. The van der Waals surface area contributed by atoms with Crippen LogP contribution in [0, 0.1) is 12.4 Å². The Labute approximate surface area is 287 Å². The van der Waals surface area contributed by atoms with E-state index in [9.17, 15) is 14.4 Å². The van der Waals surface area contributed by atoms with Crippen LogP contribution in [0.4, 0.5) is 15.8 Å². The molecular weight excluding hydrogens is 625 g/mol. The maximum absolute atomic E-state index is 15.3. The van der Waals surface area contributed by atoms with E-state index in [1.54, 1.807) is 51.1 Å². The number of halogens is 1. The van der Waals surface area contributed by atoms with Gasteiger partial charge in [-0.25, -0.2) is 9.24 Å². The number of nitrogens with zero attached hydrogens (tertiary/aromatic N) is 4. The van der Waals surface area contributed by atoms with Gasteiger partial charge in [0.2, 0.25) is 5.91 Å². The number of anilines is 1. The van der Waals surface area contributed by atoms with E-state index in [1.165, 1.54) is 4.90 Å². The van der Waals surface area contributed by atoms with Crippen molar-refractivity contribution in [3.05, 3.63) is 99.6 Å². The summed E-state index contributed by atoms with van der Waals surface area (Å²) >= 11 is 0. The second-order valence-corrected chi connectivity index (χ2v) is 13.5. The highest BCUT2D eigenvalue weighted by Crippen LogP contribution is 2.34. The zero-order valence-electron chi connectivity index (χ0n) is 28.6. The third kappa shape index (κ3) is 8.56. The number of carbonyl (C=O) groups excluding carboxylic acids is 3. The van der Waals surface area contributed by atoms with Crippen LogP contribution in [-0.2, 0) is 40.4 Å². The number of esters is 1. The normalized spacial score (nSPS) is 15.5. The Morgan fingerprint density at radius 2 is 1.80 bits per heavy atom. The van der Waals surface area contributed by atoms with E-state index < -0.39 is 23.5 Å². The Kier molecular flexibility index (Phi) is 10.9. The molecule has 0 spiro atoms. The third-order valence-corrected chi connectivity index (χ3v) is 8.91. The molecule has 2 amide bonds. The molecule has 11 heteroatoms. The van der Waals surface area contributed by atoms with Crippen LogP contribution in [0.15, 0.2) is 54.6 Å². The smallest absolute Gasteiger partial charge is 0.306 e. The summed E-state index contributed by atoms with van der Waals surface area (Å²) in [6, 6.07) is 15.3. The summed E-state index contributed by atoms with van der Waals surface area (Å²) in [6.45, 7) is 18.7. The van der Waals surface area contributed by atoms with Gasteiger partial charge < -0.3 is 25.0 Å². The molecule has 3 aromatic carbocycles. The van der Waals surface area contributed by atoms with Gasteiger partial charge in [-0.2, -0.15) is 0 Å². The molecule has 2 heterocycles. The minimum atomic E-state index is -1.00. The highest BCUT2D eigenvalue weighted by Gasteiger charge is 2.37. The molecule has 0 radical (unpaired) electrons. The molecule has 2 N–H and O–H groups in total. The van der Waals surface area contributed by atoms with Gasteiger partial charge in [0.05, 0.1) is 13.1 Å². The summed E-state index contributed by atoms with van der Waals surface area (Å²) < 4.78 is 26.7. The number of nitrogens with two attached hydrogens (primary N) is 1. The van der Waals surface area contributed by atoms with Crippen LogP contribution >= 0.6 is 0 Å². The largest absolute Gasteiger partial charge is 0.488 e. The zero-order valence-corrected chi connectivity index (χ0v) is 28.6. The van der Waals surface area contributed by atoms with Crippen molar-refractivity contribution >= 4 is 29.2 Å². The number of rotatable bonds is 12. The third-order valence-electron chi connectivity index (χ3n) is 8.91. The predicted octanol–water partition coefficient (Wildman–Crippen LogP) is 5.77. The summed E-state index contributed by atoms with van der Waals surface area (Å²) in [4.78, 5) is 47.6. The van der Waals surface area contributed by atoms with Crippen molar-refractivity contribution < 1.29 is 28.2 Å². The maximum atomic E-state index is 15.3. The Balaban J connectivity index is 1.17. The number of hydrogen-bond acceptors (Lipinski definition) is 7. The van der Waals surface area contributed by atoms with Gasteiger partial charge in [0.15, 0.2) is 5.69 Å². The molecule has 49 heavy (non-hydrogen) atoms. The molecule has 0 unspecified atom stereocenters. The quantitative estimate of drug-likeness (QED) is 0.193. The number of carbonyl (C=O) groups is 3. The molecule has 0 saturated carbocycles. The number of ether oxygens (including phenoxy) is 2. The Bertz CT molecular complexity index is 1760. The Hall–Kier alpha value is -4.95. The molecule has 1 atom stereocenters. The zero-order chi connectivity index (χ0) is 35.3. The number of primary amides is 1. The lowest BCUT2D eigenvalue weighted by Gasteiger charge is -2.36. The standard InChI is InChI=1S/C38H44FN5O5/c1-6-26-21-28(12-13-32(26)41-5)43-18-16-42(17-19-43)22-25-10-11-27(31(39)20-25)24-48-34-9-7-8-29-30(34)23-44(37(29)47)33(36(40)46)14-15-35(45)49-38(2,3)4/h7-13,20-21,33H,6,14-19,22-24H2,1-4H3,(H2,40,46)/t33-/m0/s1. The molecule has 2 aliphatic heterocycles. The lowest BCUT2D eigenvalue weighted by Crippen LogP contribution is -2.46. The monoisotopic (exact) mass is 669 g/mol. The van der Waals surface area contributed by atoms with Gasteiger partial charge >= 0.3 is 5.97 Å². The fourth-order valence-corrected chi connectivity index (χ4v) is 6.36. The Morgan fingerprint density at radius 3 is 2.45 bits per heavy atom. The first-order valence-corrected chi connectivity index (χ1v) is 16.7. The first-order chi connectivity index (χ1) is 23.4. The van der Waals surface area contributed by atoms with E-state index in [2.05, 4.69) is 27.6 Å². The number of aryl methyl sites for hydroxylation is 1. The Morgan fingerprint density at radius 1 is 1.04 bits per heavy atom. The summed E-state index contributed by atoms with van der Waals surface area (Å²) in [5, 5.41) is 0. The number of fused-ring (bicyclic) bond motifs is 1. The van der Waals surface area contributed by atoms with Crippen LogP contribution in [-0.4, -0.2) is 65.4 Å². The second-order valence-electron chi connectivity index (χ2n) is 13.5. The molecule has 258 valence electrons. The summed E-state index contributed by atoms with van der Waals surface area (Å²) in [5.74, 6) is -1.53. The molecule has 0 aliphatic carbocycles. The van der Waals surface area contributed by atoms with Crippen LogP contribution in [0.25, 0.3) is 4.85 Å². The van der Waals surface area contributed by atoms with Crippen LogP contribution in [0.5, 0.6) is 5.75 Å². The van der Waals surface area contributed by atoms with Crippen molar-refractivity contribution in [2.45, 2.75) is 78.3 Å². The minimum absolute atomic E-state index is 0.0329. The van der Waals surface area contributed by atoms with E-state index in [0.717, 1.165) is 49.4 Å². The predicted molar refractivity (Wildman–Crippen MR) is 185 cm³/mol. The topological polar surface area (TPSA) is 110 Å². The summed E-state index contributed by atoms with van der Waals surface area (Å²) in [7, 11) is 0. The van der Waals surface area contributed by atoms with E-state index in [4.69, 9.17) is 21.8 Å². The number of amides is 2. The SMILES string of the molecule is [C-]#[N+]c1ccc(N2CCN(Cc3ccc(COc4cccc5c4CN([C@@H](CCC(=O)OC(C)(C)C)C(N)=O)C5=O)c(F)c3)CC2)cc1CC. The molecule has 1 saturated heterocycles. The van der Waals surface area contributed by atoms with Gasteiger partial charge in [-0.05, 0) is 75.1 Å². The average molecular weight is 670 g/mol. The van der Waals surface area contributed by atoms with E-state index in [0.29, 0.717) is 34.7 Å². The van der Waals surface area contributed by atoms with Crippen LogP contribution in [0.2, 0.25) is 0 Å². The fraction of sp³-hybridized carbons (Fsp3) is 0.421. The van der Waals surface area contributed by atoms with Gasteiger partial charge in [-0.3, -0.25) is 19.3 Å². The minimum Gasteiger partial charge on any atom is -0.488 e. The van der Waals surface area contributed by atoms with Crippen molar-refractivity contribution in [1.29, 1.82) is 0 Å². The molecular formula is C38H44FN5O5. The molecule has 2 aliphatic rings. The molecule has 3 aromatic rings. The van der Waals surface area contributed by atoms with Gasteiger partial charge in [0.1, 0.15) is 29.8 Å². The van der Waals surface area contributed by atoms with E-state index in [1.807, 2.05) is 18.2 Å². The average Bonchev–Trinajstić information content (AvgIpc) is 3.39. The molecule has 0 bridgehead atoms. The van der Waals surface area contributed by atoms with Gasteiger partial charge in [-0.1, -0.05) is 31.2 Å². The van der Waals surface area contributed by atoms with Crippen molar-refractivity contribution in [3.63, 3.8) is 0 Å². The highest BCUT2D eigenvalue weighted by molar-refractivity contribution is 6.01. The van der Waals surface area contributed by atoms with E-state index >= 15 is 4.39 Å². The first-order valence-electron chi connectivity index (χ1n) is 16.7. The van der Waals surface area contributed by atoms with Gasteiger partial charge in [0.25, 0.3) is 5.91 Å². The number of hydrogen-bond donors (Lipinski definition) is 1. The van der Waals surface area contributed by atoms with Crippen molar-refractivity contribution in [2.75, 3.05) is 31.1 Å². The van der Waals surface area contributed by atoms with Crippen molar-refractivity contribution in [1.82, 2.24) is 9.80 Å². The number of benzene rings is 3. The van der Waals surface area contributed by atoms with Crippen LogP contribution < -0.4 is 15.4 Å².